The van der Waals surface area contributed by atoms with Crippen LogP contribution in [0.3, 0.4) is 0 Å². The molecule has 2 fully saturated rings. The third kappa shape index (κ3) is 4.70. The highest BCUT2D eigenvalue weighted by Gasteiger charge is 2.21. The summed E-state index contributed by atoms with van der Waals surface area (Å²) < 4.78 is 0. The summed E-state index contributed by atoms with van der Waals surface area (Å²) in [7, 11) is 5.96. The zero-order valence-electron chi connectivity index (χ0n) is 10.9. The van der Waals surface area contributed by atoms with Gasteiger partial charge in [0, 0.05) is 46.3 Å². The van der Waals surface area contributed by atoms with Gasteiger partial charge < -0.3 is 20.0 Å². The Balaban J connectivity index is 0.000000171. The molecule has 0 radical (unpaired) electrons. The maximum Gasteiger partial charge on any atom is 0.311 e. The Morgan fingerprint density at radius 1 is 0.882 bits per heavy atom. The molecule has 1 N–H and O–H groups in total. The van der Waals surface area contributed by atoms with Crippen molar-refractivity contribution in [1.29, 1.82) is 0 Å². The van der Waals surface area contributed by atoms with Crippen molar-refractivity contribution in [3.8, 4) is 0 Å². The Bertz CT molecular complexity index is 265. The Kier molecular flexibility index (Phi) is 5.37. The molecule has 0 saturated carbocycles. The van der Waals surface area contributed by atoms with E-state index in [1.54, 1.807) is 7.05 Å². The molecule has 0 unspecified atom stereocenters. The fraction of sp³-hybridized carbons (Fsp3) is 0.818. The lowest BCUT2D eigenvalue weighted by Gasteiger charge is -2.28. The highest BCUT2D eigenvalue weighted by molar-refractivity contribution is 6.35. The molecular formula is C11H22N4O2. The number of likely N-dealkylation sites (N-methyl/N-ethyl adjacent to an activating group) is 3. The third-order valence-electron chi connectivity index (χ3n) is 3.00. The van der Waals surface area contributed by atoms with Gasteiger partial charge in [0.25, 0.3) is 0 Å². The van der Waals surface area contributed by atoms with Gasteiger partial charge in [-0.25, -0.2) is 0 Å². The first kappa shape index (κ1) is 13.9. The van der Waals surface area contributed by atoms with Crippen LogP contribution in [0.5, 0.6) is 0 Å². The van der Waals surface area contributed by atoms with Crippen LogP contribution in [0.25, 0.3) is 0 Å². The SMILES string of the molecule is CN1CCN(C)CC1.CN1CCNC(=O)C1=O. The molecular weight excluding hydrogens is 220 g/mol. The van der Waals surface area contributed by atoms with Gasteiger partial charge in [-0.15, -0.1) is 0 Å². The molecule has 2 saturated heterocycles. The number of hydrogen-bond acceptors (Lipinski definition) is 4. The van der Waals surface area contributed by atoms with Crippen LogP contribution in [0.2, 0.25) is 0 Å². The van der Waals surface area contributed by atoms with Crippen LogP contribution in [-0.2, 0) is 9.59 Å². The average Bonchev–Trinajstić information content (AvgIpc) is 2.31. The van der Waals surface area contributed by atoms with E-state index in [-0.39, 0.29) is 0 Å². The Labute approximate surface area is 103 Å². The second kappa shape index (κ2) is 6.56. The van der Waals surface area contributed by atoms with E-state index in [0.29, 0.717) is 13.1 Å². The first-order chi connectivity index (χ1) is 8.00. The van der Waals surface area contributed by atoms with E-state index in [4.69, 9.17) is 0 Å². The number of carbonyl (C=O) groups is 2. The summed E-state index contributed by atoms with van der Waals surface area (Å²) in [4.78, 5) is 27.3. The van der Waals surface area contributed by atoms with E-state index in [1.807, 2.05) is 0 Å². The van der Waals surface area contributed by atoms with Crippen LogP contribution < -0.4 is 5.32 Å². The lowest BCUT2D eigenvalue weighted by atomic mass is 10.4. The van der Waals surface area contributed by atoms with Crippen molar-refractivity contribution >= 4 is 11.8 Å². The first-order valence-electron chi connectivity index (χ1n) is 5.91. The Morgan fingerprint density at radius 3 is 1.71 bits per heavy atom. The molecule has 0 bridgehead atoms. The third-order valence-corrected chi connectivity index (χ3v) is 3.00. The molecule has 2 amide bonds. The quantitative estimate of drug-likeness (QED) is 0.522. The molecule has 2 aliphatic rings. The van der Waals surface area contributed by atoms with Crippen molar-refractivity contribution < 1.29 is 9.59 Å². The Morgan fingerprint density at radius 2 is 1.35 bits per heavy atom. The maximum absolute atomic E-state index is 10.6. The number of carbonyl (C=O) groups excluding carboxylic acids is 2. The minimum atomic E-state index is -0.497. The van der Waals surface area contributed by atoms with E-state index in [2.05, 4.69) is 29.2 Å². The number of hydrogen-bond donors (Lipinski definition) is 1. The fourth-order valence-electron chi connectivity index (χ4n) is 1.59. The molecule has 2 aliphatic heterocycles. The molecule has 6 heteroatoms. The van der Waals surface area contributed by atoms with Crippen molar-refractivity contribution in [3.63, 3.8) is 0 Å². The molecule has 0 spiro atoms. The van der Waals surface area contributed by atoms with E-state index in [0.717, 1.165) is 0 Å². The van der Waals surface area contributed by atoms with Crippen molar-refractivity contribution in [2.75, 3.05) is 60.4 Å². The van der Waals surface area contributed by atoms with Gasteiger partial charge >= 0.3 is 11.8 Å². The van der Waals surface area contributed by atoms with E-state index in [1.165, 1.54) is 31.1 Å². The van der Waals surface area contributed by atoms with E-state index >= 15 is 0 Å². The predicted molar refractivity (Wildman–Crippen MR) is 65.6 cm³/mol. The molecule has 0 aromatic carbocycles. The zero-order valence-corrected chi connectivity index (χ0v) is 10.9. The summed E-state index contributed by atoms with van der Waals surface area (Å²) >= 11 is 0. The largest absolute Gasteiger partial charge is 0.346 e. The molecule has 2 rings (SSSR count). The number of rotatable bonds is 0. The number of piperazine rings is 2. The molecule has 2 heterocycles. The number of nitrogens with zero attached hydrogens (tertiary/aromatic N) is 3. The monoisotopic (exact) mass is 242 g/mol. The van der Waals surface area contributed by atoms with Crippen LogP contribution in [0.15, 0.2) is 0 Å². The van der Waals surface area contributed by atoms with Gasteiger partial charge in [-0.2, -0.15) is 0 Å². The smallest absolute Gasteiger partial charge is 0.311 e. The second-order valence-corrected chi connectivity index (χ2v) is 4.59. The normalized spacial score (nSPS) is 22.9. The Hall–Kier alpha value is -1.14. The first-order valence-corrected chi connectivity index (χ1v) is 5.91. The summed E-state index contributed by atoms with van der Waals surface area (Å²) in [6.45, 7) is 6.12. The van der Waals surface area contributed by atoms with Gasteiger partial charge in [-0.3, -0.25) is 9.59 Å². The van der Waals surface area contributed by atoms with Crippen LogP contribution in [-0.4, -0.2) is 86.9 Å². The summed E-state index contributed by atoms with van der Waals surface area (Å²) in [6, 6.07) is 0. The van der Waals surface area contributed by atoms with Crippen LogP contribution in [0.4, 0.5) is 0 Å². The molecule has 0 aromatic rings. The van der Waals surface area contributed by atoms with Crippen molar-refractivity contribution in [3.05, 3.63) is 0 Å². The number of amides is 2. The molecule has 0 aromatic heterocycles. The van der Waals surface area contributed by atoms with Crippen LogP contribution in [0.1, 0.15) is 0 Å². The van der Waals surface area contributed by atoms with Gasteiger partial charge in [0.05, 0.1) is 0 Å². The van der Waals surface area contributed by atoms with Crippen LogP contribution >= 0.6 is 0 Å². The van der Waals surface area contributed by atoms with Gasteiger partial charge in [0.15, 0.2) is 0 Å². The summed E-state index contributed by atoms with van der Waals surface area (Å²) in [5, 5.41) is 2.43. The minimum Gasteiger partial charge on any atom is -0.346 e. The van der Waals surface area contributed by atoms with Gasteiger partial charge in [-0.1, -0.05) is 0 Å². The minimum absolute atomic E-state index is 0.443. The van der Waals surface area contributed by atoms with Gasteiger partial charge in [-0.05, 0) is 14.1 Å². The van der Waals surface area contributed by atoms with E-state index in [9.17, 15) is 9.59 Å². The van der Waals surface area contributed by atoms with E-state index < -0.39 is 11.8 Å². The maximum atomic E-state index is 10.6. The molecule has 6 nitrogen and oxygen atoms in total. The lowest BCUT2D eigenvalue weighted by molar-refractivity contribution is -0.147. The molecule has 17 heavy (non-hydrogen) atoms. The number of nitrogens with one attached hydrogen (secondary N) is 1. The topological polar surface area (TPSA) is 55.9 Å². The standard InChI is InChI=1S/C6H14N2.C5H8N2O2/c1-7-3-5-8(2)6-4-7;1-7-3-2-6-4(8)5(7)9/h3-6H2,1-2H3;2-3H2,1H3,(H,6,8). The van der Waals surface area contributed by atoms with Crippen molar-refractivity contribution in [2.45, 2.75) is 0 Å². The molecule has 0 aliphatic carbocycles. The van der Waals surface area contributed by atoms with Gasteiger partial charge in [0.1, 0.15) is 0 Å². The highest BCUT2D eigenvalue weighted by atomic mass is 16.2. The van der Waals surface area contributed by atoms with Gasteiger partial charge in [0.2, 0.25) is 0 Å². The summed E-state index contributed by atoms with van der Waals surface area (Å²) in [6.07, 6.45) is 0. The molecule has 0 atom stereocenters. The highest BCUT2D eigenvalue weighted by Crippen LogP contribution is 1.93. The predicted octanol–water partition coefficient (Wildman–Crippen LogP) is -1.56. The zero-order chi connectivity index (χ0) is 12.8. The fourth-order valence-corrected chi connectivity index (χ4v) is 1.59. The van der Waals surface area contributed by atoms with Crippen molar-refractivity contribution in [1.82, 2.24) is 20.0 Å². The lowest BCUT2D eigenvalue weighted by Crippen LogP contribution is -2.50. The van der Waals surface area contributed by atoms with Crippen molar-refractivity contribution in [2.24, 2.45) is 0 Å². The second-order valence-electron chi connectivity index (χ2n) is 4.59. The average molecular weight is 242 g/mol. The van der Waals surface area contributed by atoms with Crippen LogP contribution in [0, 0.1) is 0 Å². The summed E-state index contributed by atoms with van der Waals surface area (Å²) in [5.74, 6) is -0.940. The summed E-state index contributed by atoms with van der Waals surface area (Å²) in [5.41, 5.74) is 0. The molecule has 98 valence electrons.